The van der Waals surface area contributed by atoms with Crippen molar-refractivity contribution < 1.29 is 0 Å². The van der Waals surface area contributed by atoms with Crippen molar-refractivity contribution in [2.75, 3.05) is 11.9 Å². The number of aromatic nitrogens is 2. The number of nitrogens with one attached hydrogen (secondary N) is 1. The zero-order chi connectivity index (χ0) is 15.2. The van der Waals surface area contributed by atoms with Crippen molar-refractivity contribution in [2.24, 2.45) is 0 Å². The summed E-state index contributed by atoms with van der Waals surface area (Å²) in [5.41, 5.74) is 1.82. The maximum atomic E-state index is 6.27. The Bertz CT molecular complexity index is 614. The molecule has 0 unspecified atom stereocenters. The van der Waals surface area contributed by atoms with Gasteiger partial charge in [0.25, 0.3) is 0 Å². The molecule has 2 aromatic rings. The Kier molecular flexibility index (Phi) is 5.83. The second-order valence-electron chi connectivity index (χ2n) is 4.87. The molecule has 3 nitrogen and oxygen atoms in total. The van der Waals surface area contributed by atoms with E-state index in [1.807, 2.05) is 12.1 Å². The fourth-order valence-corrected chi connectivity index (χ4v) is 2.51. The summed E-state index contributed by atoms with van der Waals surface area (Å²) in [5, 5.41) is 4.49. The van der Waals surface area contributed by atoms with Crippen LogP contribution in [-0.4, -0.2) is 16.5 Å². The Labute approximate surface area is 135 Å². The molecule has 1 aromatic carbocycles. The fourth-order valence-electron chi connectivity index (χ4n) is 2.02. The zero-order valence-corrected chi connectivity index (χ0v) is 13.8. The highest BCUT2D eigenvalue weighted by Gasteiger charge is 2.10. The number of aryl methyl sites for hydroxylation is 1. The van der Waals surface area contributed by atoms with Gasteiger partial charge in [0.05, 0.1) is 5.02 Å². The van der Waals surface area contributed by atoms with Gasteiger partial charge in [0.2, 0.25) is 0 Å². The lowest BCUT2D eigenvalue weighted by Gasteiger charge is -2.10. The molecule has 1 aromatic heterocycles. The van der Waals surface area contributed by atoms with Crippen LogP contribution < -0.4 is 5.32 Å². The smallest absolute Gasteiger partial charge is 0.163 e. The van der Waals surface area contributed by atoms with Gasteiger partial charge in [0.15, 0.2) is 5.82 Å². The topological polar surface area (TPSA) is 37.8 Å². The number of nitrogens with zero attached hydrogens (tertiary/aromatic N) is 2. The van der Waals surface area contributed by atoms with Crippen LogP contribution in [0.1, 0.15) is 32.4 Å². The van der Waals surface area contributed by atoms with Crippen molar-refractivity contribution in [1.82, 2.24) is 9.97 Å². The minimum absolute atomic E-state index is 0.567. The van der Waals surface area contributed by atoms with Crippen molar-refractivity contribution in [3.05, 3.63) is 40.0 Å². The first-order valence-corrected chi connectivity index (χ1v) is 7.97. The highest BCUT2D eigenvalue weighted by atomic mass is 35.5. The highest BCUT2D eigenvalue weighted by molar-refractivity contribution is 6.36. The molecule has 0 atom stereocenters. The minimum Gasteiger partial charge on any atom is -0.370 e. The molecule has 0 saturated heterocycles. The van der Waals surface area contributed by atoms with E-state index in [0.29, 0.717) is 15.9 Å². The van der Waals surface area contributed by atoms with Crippen LogP contribution in [0, 0.1) is 0 Å². The van der Waals surface area contributed by atoms with Crippen LogP contribution >= 0.6 is 23.2 Å². The largest absolute Gasteiger partial charge is 0.370 e. The summed E-state index contributed by atoms with van der Waals surface area (Å²) in [6.45, 7) is 5.14. The lowest BCUT2D eigenvalue weighted by Crippen LogP contribution is -2.05. The quantitative estimate of drug-likeness (QED) is 0.791. The second-order valence-corrected chi connectivity index (χ2v) is 5.71. The number of hydrogen-bond acceptors (Lipinski definition) is 3. The van der Waals surface area contributed by atoms with Gasteiger partial charge in [-0.15, -0.1) is 0 Å². The lowest BCUT2D eigenvalue weighted by molar-refractivity contribution is 0.872. The Hall–Kier alpha value is -1.32. The summed E-state index contributed by atoms with van der Waals surface area (Å²) in [4.78, 5) is 9.18. The van der Waals surface area contributed by atoms with Gasteiger partial charge in [-0.05, 0) is 31.0 Å². The van der Waals surface area contributed by atoms with Gasteiger partial charge in [-0.1, -0.05) is 43.5 Å². The second kappa shape index (κ2) is 7.62. The molecular formula is C16H19Cl2N3. The minimum atomic E-state index is 0.567. The van der Waals surface area contributed by atoms with Crippen molar-refractivity contribution in [1.29, 1.82) is 0 Å². The van der Waals surface area contributed by atoms with Gasteiger partial charge in [0, 0.05) is 28.9 Å². The first-order valence-electron chi connectivity index (χ1n) is 7.21. The molecule has 1 heterocycles. The molecule has 5 heteroatoms. The Morgan fingerprint density at radius 3 is 2.52 bits per heavy atom. The van der Waals surface area contributed by atoms with Crippen LogP contribution in [0.4, 0.5) is 5.82 Å². The average Bonchev–Trinajstić information content (AvgIpc) is 2.45. The molecule has 112 valence electrons. The third kappa shape index (κ3) is 4.32. The van der Waals surface area contributed by atoms with Crippen LogP contribution in [0.25, 0.3) is 11.4 Å². The van der Waals surface area contributed by atoms with E-state index in [1.54, 1.807) is 12.1 Å². The first-order chi connectivity index (χ1) is 10.1. The molecule has 0 aliphatic rings. The Morgan fingerprint density at radius 1 is 1.05 bits per heavy atom. The van der Waals surface area contributed by atoms with Crippen molar-refractivity contribution in [3.8, 4) is 11.4 Å². The predicted molar refractivity (Wildman–Crippen MR) is 90.3 cm³/mol. The van der Waals surface area contributed by atoms with Crippen molar-refractivity contribution in [2.45, 2.75) is 33.1 Å². The number of hydrogen-bond donors (Lipinski definition) is 1. The van der Waals surface area contributed by atoms with Crippen LogP contribution in [-0.2, 0) is 6.42 Å². The molecule has 1 N–H and O–H groups in total. The van der Waals surface area contributed by atoms with Gasteiger partial charge >= 0.3 is 0 Å². The molecule has 0 spiro atoms. The van der Waals surface area contributed by atoms with Gasteiger partial charge in [-0.3, -0.25) is 0 Å². The van der Waals surface area contributed by atoms with E-state index in [4.69, 9.17) is 23.2 Å². The van der Waals surface area contributed by atoms with Crippen molar-refractivity contribution >= 4 is 29.0 Å². The van der Waals surface area contributed by atoms with E-state index in [0.717, 1.165) is 42.9 Å². The van der Waals surface area contributed by atoms with E-state index in [9.17, 15) is 0 Å². The van der Waals surface area contributed by atoms with Gasteiger partial charge in [-0.2, -0.15) is 0 Å². The van der Waals surface area contributed by atoms with Gasteiger partial charge < -0.3 is 5.32 Å². The standard InChI is InChI=1S/C16H19Cl2N3/c1-3-5-12-10-15(19-8-4-2)21-16(20-12)13-7-6-11(17)9-14(13)18/h6-7,9-10H,3-5,8H2,1-2H3,(H,19,20,21). The summed E-state index contributed by atoms with van der Waals surface area (Å²) >= 11 is 12.2. The zero-order valence-electron chi connectivity index (χ0n) is 12.3. The fraction of sp³-hybridized carbons (Fsp3) is 0.375. The van der Waals surface area contributed by atoms with Crippen LogP contribution in [0.15, 0.2) is 24.3 Å². The Morgan fingerprint density at radius 2 is 1.86 bits per heavy atom. The average molecular weight is 324 g/mol. The number of halogens is 2. The molecule has 0 saturated carbocycles. The normalized spacial score (nSPS) is 10.7. The van der Waals surface area contributed by atoms with E-state index in [-0.39, 0.29) is 0 Å². The van der Waals surface area contributed by atoms with Crippen molar-refractivity contribution in [3.63, 3.8) is 0 Å². The predicted octanol–water partition coefficient (Wildman–Crippen LogP) is 5.22. The molecule has 0 bridgehead atoms. The summed E-state index contributed by atoms with van der Waals surface area (Å²) in [5.74, 6) is 1.48. The summed E-state index contributed by atoms with van der Waals surface area (Å²) in [6, 6.07) is 7.39. The van der Waals surface area contributed by atoms with E-state index in [1.165, 1.54) is 0 Å². The van der Waals surface area contributed by atoms with E-state index >= 15 is 0 Å². The first kappa shape index (κ1) is 16.1. The molecular weight excluding hydrogens is 305 g/mol. The maximum Gasteiger partial charge on any atom is 0.163 e. The Balaban J connectivity index is 2.43. The summed E-state index contributed by atoms with van der Waals surface area (Å²) in [6.07, 6.45) is 3.00. The molecule has 0 aliphatic carbocycles. The molecule has 0 aliphatic heterocycles. The number of anilines is 1. The number of benzene rings is 1. The molecule has 2 rings (SSSR count). The third-order valence-electron chi connectivity index (χ3n) is 3.01. The highest BCUT2D eigenvalue weighted by Crippen LogP contribution is 2.29. The maximum absolute atomic E-state index is 6.27. The lowest BCUT2D eigenvalue weighted by atomic mass is 10.2. The third-order valence-corrected chi connectivity index (χ3v) is 3.56. The van der Waals surface area contributed by atoms with E-state index in [2.05, 4.69) is 29.1 Å². The summed E-state index contributed by atoms with van der Waals surface area (Å²) in [7, 11) is 0. The summed E-state index contributed by atoms with van der Waals surface area (Å²) < 4.78 is 0. The molecule has 0 radical (unpaired) electrons. The molecule has 0 amide bonds. The van der Waals surface area contributed by atoms with E-state index < -0.39 is 0 Å². The monoisotopic (exact) mass is 323 g/mol. The SMILES string of the molecule is CCCNc1cc(CCC)nc(-c2ccc(Cl)cc2Cl)n1. The van der Waals surface area contributed by atoms with Crippen LogP contribution in [0.2, 0.25) is 10.0 Å². The molecule has 0 fully saturated rings. The van der Waals surface area contributed by atoms with Gasteiger partial charge in [-0.25, -0.2) is 9.97 Å². The number of rotatable bonds is 6. The van der Waals surface area contributed by atoms with Crippen LogP contribution in [0.3, 0.4) is 0 Å². The van der Waals surface area contributed by atoms with Gasteiger partial charge in [0.1, 0.15) is 5.82 Å². The molecule has 21 heavy (non-hydrogen) atoms. The van der Waals surface area contributed by atoms with Crippen LogP contribution in [0.5, 0.6) is 0 Å².